The molecule has 0 bridgehead atoms. The van der Waals surface area contributed by atoms with E-state index < -0.39 is 0 Å². The smallest absolute Gasteiger partial charge is 0.0189 e. The zero-order chi connectivity index (χ0) is 17.2. The van der Waals surface area contributed by atoms with E-state index in [1.807, 2.05) is 14.1 Å². The van der Waals surface area contributed by atoms with Gasteiger partial charge in [0.1, 0.15) is 0 Å². The third kappa shape index (κ3) is 15.2. The monoisotopic (exact) mass is 364 g/mol. The normalized spacial score (nSPS) is 12.9. The number of nitrogens with one attached hydrogen (secondary N) is 4. The summed E-state index contributed by atoms with van der Waals surface area (Å²) in [5.74, 6) is 0. The van der Waals surface area contributed by atoms with E-state index in [1.54, 1.807) is 11.1 Å². The van der Waals surface area contributed by atoms with Crippen LogP contribution in [0.2, 0.25) is 0 Å². The second-order valence-corrected chi connectivity index (χ2v) is 6.15. The highest BCUT2D eigenvalue weighted by atomic mass is 35.5. The van der Waals surface area contributed by atoms with Crippen LogP contribution in [0.5, 0.6) is 0 Å². The molecular weight excluding hydrogens is 331 g/mol. The van der Waals surface area contributed by atoms with Crippen LogP contribution in [0.15, 0.2) is 22.2 Å². The summed E-state index contributed by atoms with van der Waals surface area (Å²) in [4.78, 5) is 0. The molecule has 136 valence electrons. The van der Waals surface area contributed by atoms with Crippen molar-refractivity contribution in [3.8, 4) is 0 Å². The maximum atomic E-state index is 5.75. The van der Waals surface area contributed by atoms with E-state index in [4.69, 9.17) is 23.2 Å². The van der Waals surface area contributed by atoms with Gasteiger partial charge < -0.3 is 21.3 Å². The van der Waals surface area contributed by atoms with Gasteiger partial charge in [0.25, 0.3) is 0 Å². The van der Waals surface area contributed by atoms with Gasteiger partial charge in [0.2, 0.25) is 0 Å². The number of unbranched alkanes of at least 4 members (excludes halogenated alkanes) is 4. The predicted molar refractivity (Wildman–Crippen MR) is 105 cm³/mol. The lowest BCUT2D eigenvalue weighted by atomic mass is 10.1. The molecule has 0 rings (SSSR count). The third-order valence-corrected chi connectivity index (χ3v) is 4.14. The Morgan fingerprint density at radius 3 is 1.39 bits per heavy atom. The molecule has 0 aromatic heterocycles. The Kier molecular flexibility index (Phi) is 18.2. The number of rotatable bonds is 16. The lowest BCUT2D eigenvalue weighted by Crippen LogP contribution is -2.23. The first-order chi connectivity index (χ1) is 11.3. The molecule has 0 amide bonds. The van der Waals surface area contributed by atoms with Crippen LogP contribution in [-0.4, -0.2) is 53.4 Å². The first-order valence-corrected chi connectivity index (χ1v) is 9.42. The molecule has 4 nitrogen and oxygen atoms in total. The summed E-state index contributed by atoms with van der Waals surface area (Å²) in [5, 5.41) is 13.1. The van der Waals surface area contributed by atoms with Crippen LogP contribution < -0.4 is 21.3 Å². The van der Waals surface area contributed by atoms with Gasteiger partial charge in [-0.15, -0.1) is 0 Å². The van der Waals surface area contributed by atoms with Crippen molar-refractivity contribution in [2.24, 2.45) is 0 Å². The second-order valence-electron chi connectivity index (χ2n) is 5.72. The average molecular weight is 365 g/mol. The van der Waals surface area contributed by atoms with Gasteiger partial charge in [-0.25, -0.2) is 0 Å². The van der Waals surface area contributed by atoms with E-state index in [0.29, 0.717) is 0 Å². The van der Waals surface area contributed by atoms with E-state index in [1.165, 1.54) is 43.3 Å². The van der Waals surface area contributed by atoms with Crippen molar-refractivity contribution in [1.82, 2.24) is 21.3 Å². The van der Waals surface area contributed by atoms with Crippen molar-refractivity contribution in [1.29, 1.82) is 0 Å². The molecule has 0 fully saturated rings. The SMILES string of the molecule is CNC/C(=C/Cl)CNCCCCCCCNC/C(=C\Cl)CNC. The average Bonchev–Trinajstić information content (AvgIpc) is 2.57. The minimum Gasteiger partial charge on any atom is -0.316 e. The minimum absolute atomic E-state index is 0.846. The standard InChI is InChI=1S/C17H34Cl2N4/c1-20-12-16(10-18)14-22-8-6-4-3-5-7-9-23-15-17(11-19)13-21-2/h10-11,20-23H,3-9,12-15H2,1-2H3/b16-10-,17-11-. The second kappa shape index (κ2) is 18.2. The number of halogens is 2. The molecule has 0 unspecified atom stereocenters. The molecule has 0 radical (unpaired) electrons. The summed E-state index contributed by atoms with van der Waals surface area (Å²) in [7, 11) is 3.87. The quantitative estimate of drug-likeness (QED) is 0.318. The van der Waals surface area contributed by atoms with Gasteiger partial charge in [-0.3, -0.25) is 0 Å². The molecule has 6 heteroatoms. The molecule has 0 spiro atoms. The van der Waals surface area contributed by atoms with E-state index in [9.17, 15) is 0 Å². The molecular formula is C17H34Cl2N4. The summed E-state index contributed by atoms with van der Waals surface area (Å²) in [6, 6.07) is 0. The van der Waals surface area contributed by atoms with Crippen LogP contribution >= 0.6 is 23.2 Å². The highest BCUT2D eigenvalue weighted by Crippen LogP contribution is 2.02. The summed E-state index contributed by atoms with van der Waals surface area (Å²) in [5.41, 5.74) is 5.73. The van der Waals surface area contributed by atoms with Gasteiger partial charge in [0.05, 0.1) is 0 Å². The zero-order valence-corrected chi connectivity index (χ0v) is 16.2. The Hall–Kier alpha value is -0.100. The first-order valence-electron chi connectivity index (χ1n) is 8.55. The van der Waals surface area contributed by atoms with Crippen molar-refractivity contribution >= 4 is 23.2 Å². The maximum absolute atomic E-state index is 5.75. The van der Waals surface area contributed by atoms with Gasteiger partial charge in [-0.2, -0.15) is 0 Å². The van der Waals surface area contributed by atoms with Crippen LogP contribution in [0.25, 0.3) is 0 Å². The zero-order valence-electron chi connectivity index (χ0n) is 14.7. The topological polar surface area (TPSA) is 48.1 Å². The summed E-state index contributed by atoms with van der Waals surface area (Å²) < 4.78 is 0. The Bertz CT molecular complexity index is 290. The van der Waals surface area contributed by atoms with Crippen molar-refractivity contribution < 1.29 is 0 Å². The summed E-state index contributed by atoms with van der Waals surface area (Å²) in [6.07, 6.45) is 6.32. The van der Waals surface area contributed by atoms with Crippen molar-refractivity contribution in [3.05, 3.63) is 22.2 Å². The van der Waals surface area contributed by atoms with E-state index >= 15 is 0 Å². The molecule has 0 atom stereocenters. The highest BCUT2D eigenvalue weighted by molar-refractivity contribution is 6.26. The van der Waals surface area contributed by atoms with Gasteiger partial charge in [0.15, 0.2) is 0 Å². The van der Waals surface area contributed by atoms with E-state index in [2.05, 4.69) is 21.3 Å². The Morgan fingerprint density at radius 1 is 0.652 bits per heavy atom. The van der Waals surface area contributed by atoms with Crippen molar-refractivity contribution in [2.75, 3.05) is 53.4 Å². The lowest BCUT2D eigenvalue weighted by molar-refractivity contribution is 0.567. The van der Waals surface area contributed by atoms with Gasteiger partial charge in [-0.05, 0) is 51.2 Å². The minimum atomic E-state index is 0.846. The van der Waals surface area contributed by atoms with Gasteiger partial charge in [0, 0.05) is 37.2 Å². The van der Waals surface area contributed by atoms with Crippen LogP contribution in [0, 0.1) is 0 Å². The Morgan fingerprint density at radius 2 is 1.04 bits per heavy atom. The predicted octanol–water partition coefficient (Wildman–Crippen LogP) is 2.80. The van der Waals surface area contributed by atoms with Crippen LogP contribution in [-0.2, 0) is 0 Å². The van der Waals surface area contributed by atoms with Gasteiger partial charge in [-0.1, -0.05) is 42.5 Å². The van der Waals surface area contributed by atoms with Crippen molar-refractivity contribution in [2.45, 2.75) is 32.1 Å². The summed E-state index contributed by atoms with van der Waals surface area (Å²) in [6.45, 7) is 5.56. The lowest BCUT2D eigenvalue weighted by Gasteiger charge is -2.08. The molecule has 0 heterocycles. The van der Waals surface area contributed by atoms with Crippen molar-refractivity contribution in [3.63, 3.8) is 0 Å². The third-order valence-electron chi connectivity index (χ3n) is 3.53. The van der Waals surface area contributed by atoms with E-state index in [0.717, 1.165) is 39.3 Å². The van der Waals surface area contributed by atoms with Crippen LogP contribution in [0.1, 0.15) is 32.1 Å². The molecule has 0 aromatic carbocycles. The van der Waals surface area contributed by atoms with E-state index in [-0.39, 0.29) is 0 Å². The molecule has 4 N–H and O–H groups in total. The fourth-order valence-corrected chi connectivity index (χ4v) is 2.57. The molecule has 0 aliphatic carbocycles. The number of hydrogen-bond donors (Lipinski definition) is 4. The Labute approximate surface area is 152 Å². The summed E-state index contributed by atoms with van der Waals surface area (Å²) >= 11 is 11.5. The largest absolute Gasteiger partial charge is 0.316 e. The Balaban J connectivity index is 3.31. The fourth-order valence-electron chi connectivity index (χ4n) is 2.26. The van der Waals surface area contributed by atoms with Crippen LogP contribution in [0.4, 0.5) is 0 Å². The molecule has 0 aromatic rings. The first kappa shape index (κ1) is 22.9. The molecule has 0 saturated heterocycles. The fraction of sp³-hybridized carbons (Fsp3) is 0.765. The van der Waals surface area contributed by atoms with Gasteiger partial charge >= 0.3 is 0 Å². The molecule has 0 aliphatic heterocycles. The molecule has 23 heavy (non-hydrogen) atoms. The molecule has 0 saturated carbocycles. The number of likely N-dealkylation sites (N-methyl/N-ethyl adjacent to an activating group) is 2. The molecule has 0 aliphatic rings. The van der Waals surface area contributed by atoms with Crippen LogP contribution in [0.3, 0.4) is 0 Å². The highest BCUT2D eigenvalue weighted by Gasteiger charge is 1.97. The number of hydrogen-bond acceptors (Lipinski definition) is 4. The maximum Gasteiger partial charge on any atom is 0.0189 e.